The van der Waals surface area contributed by atoms with Crippen molar-refractivity contribution in [2.75, 3.05) is 11.9 Å². The maximum absolute atomic E-state index is 11.2. The van der Waals surface area contributed by atoms with Gasteiger partial charge in [-0.1, -0.05) is 29.1 Å². The molecular formula is C11H9Cl2NO2. The zero-order valence-corrected chi connectivity index (χ0v) is 10.0. The Morgan fingerprint density at radius 1 is 1.44 bits per heavy atom. The van der Waals surface area contributed by atoms with Crippen LogP contribution in [0.5, 0.6) is 0 Å². The van der Waals surface area contributed by atoms with E-state index in [1.807, 2.05) is 0 Å². The number of nitrogens with one attached hydrogen (secondary N) is 1. The maximum atomic E-state index is 11.2. The molecule has 0 unspecified atom stereocenters. The number of amides is 1. The second-order valence-corrected chi connectivity index (χ2v) is 3.57. The minimum absolute atomic E-state index is 0.0592. The van der Waals surface area contributed by atoms with Gasteiger partial charge in [-0.25, -0.2) is 4.79 Å². The monoisotopic (exact) mass is 257 g/mol. The first-order valence-electron chi connectivity index (χ1n) is 4.42. The lowest BCUT2D eigenvalue weighted by Gasteiger charge is -2.05. The van der Waals surface area contributed by atoms with Crippen LogP contribution in [0.25, 0.3) is 0 Å². The highest BCUT2D eigenvalue weighted by Crippen LogP contribution is 2.24. The predicted octanol–water partition coefficient (Wildman–Crippen LogP) is 3.57. The molecule has 1 aromatic carbocycles. The Kier molecular flexibility index (Phi) is 4.97. The van der Waals surface area contributed by atoms with Gasteiger partial charge in [0.15, 0.2) is 6.61 Å². The fourth-order valence-electron chi connectivity index (χ4n) is 0.902. The van der Waals surface area contributed by atoms with Crippen LogP contribution in [0.1, 0.15) is 6.92 Å². The zero-order valence-electron chi connectivity index (χ0n) is 8.51. The second kappa shape index (κ2) is 6.26. The van der Waals surface area contributed by atoms with Crippen molar-refractivity contribution in [1.82, 2.24) is 0 Å². The normalized spacial score (nSPS) is 8.94. The van der Waals surface area contributed by atoms with Crippen LogP contribution >= 0.6 is 23.2 Å². The summed E-state index contributed by atoms with van der Waals surface area (Å²) in [5.74, 6) is 5.22. The average molecular weight is 258 g/mol. The molecular weight excluding hydrogens is 249 g/mol. The number of halogens is 2. The average Bonchev–Trinajstić information content (AvgIpc) is 2.24. The number of hydrogen-bond acceptors (Lipinski definition) is 2. The maximum Gasteiger partial charge on any atom is 0.412 e. The third kappa shape index (κ3) is 4.01. The molecule has 0 aromatic heterocycles. The molecule has 0 atom stereocenters. The summed E-state index contributed by atoms with van der Waals surface area (Å²) in [6.07, 6.45) is -0.582. The smallest absolute Gasteiger partial charge is 0.412 e. The van der Waals surface area contributed by atoms with Crippen molar-refractivity contribution in [2.45, 2.75) is 6.92 Å². The molecule has 0 heterocycles. The van der Waals surface area contributed by atoms with Gasteiger partial charge in [0.25, 0.3) is 0 Å². The first-order valence-corrected chi connectivity index (χ1v) is 5.17. The van der Waals surface area contributed by atoms with E-state index in [-0.39, 0.29) is 6.61 Å². The molecule has 0 aliphatic carbocycles. The van der Waals surface area contributed by atoms with Crippen LogP contribution in [0.3, 0.4) is 0 Å². The number of ether oxygens (including phenoxy) is 1. The highest BCUT2D eigenvalue weighted by Gasteiger charge is 2.04. The van der Waals surface area contributed by atoms with Crippen molar-refractivity contribution < 1.29 is 9.53 Å². The van der Waals surface area contributed by atoms with Crippen molar-refractivity contribution in [3.05, 3.63) is 28.2 Å². The summed E-state index contributed by atoms with van der Waals surface area (Å²) in [7, 11) is 0. The van der Waals surface area contributed by atoms with E-state index in [1.54, 1.807) is 19.1 Å². The lowest BCUT2D eigenvalue weighted by molar-refractivity contribution is 0.176. The molecule has 3 nitrogen and oxygen atoms in total. The quantitative estimate of drug-likeness (QED) is 0.823. The van der Waals surface area contributed by atoms with Crippen molar-refractivity contribution in [3.8, 4) is 11.8 Å². The fourth-order valence-corrected chi connectivity index (χ4v) is 1.20. The molecule has 1 aromatic rings. The van der Waals surface area contributed by atoms with Gasteiger partial charge in [-0.2, -0.15) is 0 Å². The topological polar surface area (TPSA) is 38.3 Å². The van der Waals surface area contributed by atoms with E-state index in [4.69, 9.17) is 27.9 Å². The molecule has 0 bridgehead atoms. The minimum Gasteiger partial charge on any atom is -0.436 e. The Labute approximate surface area is 104 Å². The Balaban J connectivity index is 2.55. The number of hydrogen-bond donors (Lipinski definition) is 1. The van der Waals surface area contributed by atoms with Gasteiger partial charge in [0, 0.05) is 5.69 Å². The van der Waals surface area contributed by atoms with E-state index in [2.05, 4.69) is 17.2 Å². The zero-order chi connectivity index (χ0) is 12.0. The lowest BCUT2D eigenvalue weighted by atomic mass is 10.3. The van der Waals surface area contributed by atoms with Crippen LogP contribution in [0.15, 0.2) is 18.2 Å². The lowest BCUT2D eigenvalue weighted by Crippen LogP contribution is -2.13. The fraction of sp³-hybridized carbons (Fsp3) is 0.182. The van der Waals surface area contributed by atoms with E-state index >= 15 is 0 Å². The van der Waals surface area contributed by atoms with Crippen LogP contribution in [0.2, 0.25) is 10.0 Å². The van der Waals surface area contributed by atoms with E-state index < -0.39 is 6.09 Å². The van der Waals surface area contributed by atoms with Crippen molar-refractivity contribution in [2.24, 2.45) is 0 Å². The standard InChI is InChI=1S/C11H9Cl2NO2/c1-2-3-6-16-11(15)14-8-4-5-9(12)10(13)7-8/h4-5,7H,6H2,1H3,(H,14,15). The van der Waals surface area contributed by atoms with E-state index in [0.29, 0.717) is 15.7 Å². The molecule has 0 fully saturated rings. The number of benzene rings is 1. The van der Waals surface area contributed by atoms with Gasteiger partial charge in [-0.15, -0.1) is 5.92 Å². The third-order valence-electron chi connectivity index (χ3n) is 1.62. The SMILES string of the molecule is CC#CCOC(=O)Nc1ccc(Cl)c(Cl)c1. The van der Waals surface area contributed by atoms with Gasteiger partial charge in [-0.05, 0) is 25.1 Å². The second-order valence-electron chi connectivity index (χ2n) is 2.76. The Bertz CT molecular complexity index is 449. The summed E-state index contributed by atoms with van der Waals surface area (Å²) in [5, 5.41) is 3.29. The summed E-state index contributed by atoms with van der Waals surface area (Å²) in [6.45, 7) is 1.73. The molecule has 0 radical (unpaired) electrons. The molecule has 1 N–H and O–H groups in total. The third-order valence-corrected chi connectivity index (χ3v) is 2.36. The molecule has 1 rings (SSSR count). The number of rotatable bonds is 2. The van der Waals surface area contributed by atoms with Gasteiger partial charge in [0.2, 0.25) is 0 Å². The van der Waals surface area contributed by atoms with Gasteiger partial charge >= 0.3 is 6.09 Å². The number of carbonyl (C=O) groups excluding carboxylic acids is 1. The summed E-state index contributed by atoms with van der Waals surface area (Å²) >= 11 is 11.5. The predicted molar refractivity (Wildman–Crippen MR) is 64.9 cm³/mol. The van der Waals surface area contributed by atoms with Crippen molar-refractivity contribution in [1.29, 1.82) is 0 Å². The highest BCUT2D eigenvalue weighted by molar-refractivity contribution is 6.42. The largest absolute Gasteiger partial charge is 0.436 e. The van der Waals surface area contributed by atoms with Gasteiger partial charge in [0.05, 0.1) is 10.0 Å². The van der Waals surface area contributed by atoms with Gasteiger partial charge in [-0.3, -0.25) is 5.32 Å². The van der Waals surface area contributed by atoms with Gasteiger partial charge < -0.3 is 4.74 Å². The molecule has 0 saturated heterocycles. The number of anilines is 1. The molecule has 5 heteroatoms. The molecule has 0 aliphatic heterocycles. The minimum atomic E-state index is -0.582. The number of carbonyl (C=O) groups is 1. The summed E-state index contributed by atoms with van der Waals surface area (Å²) in [4.78, 5) is 11.2. The van der Waals surface area contributed by atoms with E-state index in [9.17, 15) is 4.79 Å². The molecule has 84 valence electrons. The molecule has 16 heavy (non-hydrogen) atoms. The first-order chi connectivity index (χ1) is 7.63. The molecule has 0 spiro atoms. The van der Waals surface area contributed by atoms with Crippen LogP contribution < -0.4 is 5.32 Å². The molecule has 0 aliphatic rings. The van der Waals surface area contributed by atoms with E-state index in [1.165, 1.54) is 6.07 Å². The van der Waals surface area contributed by atoms with Crippen molar-refractivity contribution >= 4 is 35.0 Å². The van der Waals surface area contributed by atoms with Crippen LogP contribution in [-0.4, -0.2) is 12.7 Å². The summed E-state index contributed by atoms with van der Waals surface area (Å²) in [6, 6.07) is 4.75. The van der Waals surface area contributed by atoms with Gasteiger partial charge in [0.1, 0.15) is 0 Å². The Morgan fingerprint density at radius 3 is 2.81 bits per heavy atom. The Hall–Kier alpha value is -1.37. The summed E-state index contributed by atoms with van der Waals surface area (Å²) < 4.78 is 4.76. The van der Waals surface area contributed by atoms with E-state index in [0.717, 1.165) is 0 Å². The molecule has 0 saturated carbocycles. The van der Waals surface area contributed by atoms with Crippen LogP contribution in [-0.2, 0) is 4.74 Å². The highest BCUT2D eigenvalue weighted by atomic mass is 35.5. The van der Waals surface area contributed by atoms with Crippen molar-refractivity contribution in [3.63, 3.8) is 0 Å². The Morgan fingerprint density at radius 2 is 2.19 bits per heavy atom. The first kappa shape index (κ1) is 12.7. The van der Waals surface area contributed by atoms with Crippen LogP contribution in [0.4, 0.5) is 10.5 Å². The molecule has 1 amide bonds. The van der Waals surface area contributed by atoms with Crippen LogP contribution in [0, 0.1) is 11.8 Å². The summed E-state index contributed by atoms with van der Waals surface area (Å²) in [5.41, 5.74) is 0.517.